The molecule has 4 rings (SSSR count). The summed E-state index contributed by atoms with van der Waals surface area (Å²) in [6, 6.07) is 3.63. The van der Waals surface area contributed by atoms with Crippen LogP contribution in [0.15, 0.2) is 28.0 Å². The molecule has 0 spiro atoms. The summed E-state index contributed by atoms with van der Waals surface area (Å²) >= 11 is 1.49. The predicted molar refractivity (Wildman–Crippen MR) is 96.8 cm³/mol. The fraction of sp³-hybridized carbons (Fsp3) is 0.611. The molecule has 0 bridgehead atoms. The molecule has 1 aliphatic heterocycles. The van der Waals surface area contributed by atoms with Gasteiger partial charge in [-0.2, -0.15) is 5.10 Å². The molecule has 2 atom stereocenters. The summed E-state index contributed by atoms with van der Waals surface area (Å²) in [6.07, 6.45) is 2.57. The summed E-state index contributed by atoms with van der Waals surface area (Å²) in [4.78, 5) is 18.9. The lowest BCUT2D eigenvalue weighted by Crippen LogP contribution is -2.55. The molecule has 7 nitrogen and oxygen atoms in total. The SMILES string of the molecule is COC[C@@]12CN(C(=O)c3ccc(CSc4ncn[nH]4)o3)C[C@@H]1C(C)(C)C2. The van der Waals surface area contributed by atoms with E-state index >= 15 is 0 Å². The molecule has 1 saturated heterocycles. The fourth-order valence-corrected chi connectivity index (χ4v) is 5.57. The van der Waals surface area contributed by atoms with E-state index in [4.69, 9.17) is 9.15 Å². The molecule has 1 saturated carbocycles. The Bertz CT molecular complexity index is 788. The number of fused-ring (bicyclic) bond motifs is 1. The molecule has 0 unspecified atom stereocenters. The van der Waals surface area contributed by atoms with Crippen LogP contribution in [0.2, 0.25) is 0 Å². The third-order valence-electron chi connectivity index (χ3n) is 5.73. The normalized spacial score (nSPS) is 26.6. The lowest BCUT2D eigenvalue weighted by molar-refractivity contribution is -0.107. The number of aromatic amines is 1. The number of ether oxygens (including phenoxy) is 1. The fourth-order valence-electron chi connectivity index (χ4n) is 4.89. The topological polar surface area (TPSA) is 84.2 Å². The zero-order valence-corrected chi connectivity index (χ0v) is 16.1. The van der Waals surface area contributed by atoms with Gasteiger partial charge in [0.15, 0.2) is 10.9 Å². The Labute approximate surface area is 156 Å². The Morgan fingerprint density at radius 3 is 3.04 bits per heavy atom. The summed E-state index contributed by atoms with van der Waals surface area (Å²) in [6.45, 7) is 6.80. The van der Waals surface area contributed by atoms with Gasteiger partial charge in [-0.3, -0.25) is 9.89 Å². The Balaban J connectivity index is 1.42. The highest BCUT2D eigenvalue weighted by Crippen LogP contribution is 2.62. The van der Waals surface area contributed by atoms with Crippen molar-refractivity contribution in [1.29, 1.82) is 0 Å². The molecule has 26 heavy (non-hydrogen) atoms. The summed E-state index contributed by atoms with van der Waals surface area (Å²) in [5, 5.41) is 7.34. The van der Waals surface area contributed by atoms with Gasteiger partial charge in [-0.15, -0.1) is 0 Å². The molecule has 1 aliphatic carbocycles. The van der Waals surface area contributed by atoms with E-state index in [2.05, 4.69) is 29.0 Å². The first-order valence-electron chi connectivity index (χ1n) is 8.79. The number of hydrogen-bond donors (Lipinski definition) is 1. The molecule has 2 fully saturated rings. The van der Waals surface area contributed by atoms with Gasteiger partial charge in [0.1, 0.15) is 12.1 Å². The zero-order valence-electron chi connectivity index (χ0n) is 15.3. The largest absolute Gasteiger partial charge is 0.455 e. The molecule has 8 heteroatoms. The van der Waals surface area contributed by atoms with Crippen molar-refractivity contribution in [2.75, 3.05) is 26.8 Å². The van der Waals surface area contributed by atoms with Crippen LogP contribution in [0.25, 0.3) is 0 Å². The standard InChI is InChI=1S/C18H24N4O3S/c1-17(2)8-18(10-24-3)9-22(6-14(17)18)15(23)13-5-4-12(25-13)7-26-16-19-11-20-21-16/h4-5,11,14H,6-10H2,1-3H3,(H,19,20,21)/t14-,18-/m1/s1. The number of aromatic nitrogens is 3. The number of rotatable bonds is 6. The van der Waals surface area contributed by atoms with Crippen LogP contribution in [0, 0.1) is 16.7 Å². The van der Waals surface area contributed by atoms with Gasteiger partial charge in [0.25, 0.3) is 5.91 Å². The molecule has 2 aromatic heterocycles. The maximum absolute atomic E-state index is 12.9. The van der Waals surface area contributed by atoms with E-state index in [0.717, 1.165) is 30.4 Å². The van der Waals surface area contributed by atoms with Crippen molar-refractivity contribution in [3.8, 4) is 0 Å². The molecule has 1 N–H and O–H groups in total. The van der Waals surface area contributed by atoms with E-state index in [0.29, 0.717) is 24.0 Å². The minimum absolute atomic E-state index is 0.0263. The van der Waals surface area contributed by atoms with Crippen molar-refractivity contribution >= 4 is 17.7 Å². The highest BCUT2D eigenvalue weighted by Gasteiger charge is 2.63. The van der Waals surface area contributed by atoms with Gasteiger partial charge in [-0.25, -0.2) is 4.98 Å². The predicted octanol–water partition coefficient (Wildman–Crippen LogP) is 2.82. The van der Waals surface area contributed by atoms with Crippen LogP contribution in [0.5, 0.6) is 0 Å². The monoisotopic (exact) mass is 376 g/mol. The molecule has 0 radical (unpaired) electrons. The Morgan fingerprint density at radius 2 is 2.35 bits per heavy atom. The van der Waals surface area contributed by atoms with Crippen molar-refractivity contribution in [2.45, 2.75) is 31.2 Å². The van der Waals surface area contributed by atoms with Crippen LogP contribution >= 0.6 is 11.8 Å². The third kappa shape index (κ3) is 2.95. The molecular formula is C18H24N4O3S. The maximum atomic E-state index is 12.9. The smallest absolute Gasteiger partial charge is 0.289 e. The van der Waals surface area contributed by atoms with Crippen molar-refractivity contribution in [3.63, 3.8) is 0 Å². The maximum Gasteiger partial charge on any atom is 0.289 e. The lowest BCUT2D eigenvalue weighted by atomic mass is 9.48. The van der Waals surface area contributed by atoms with Gasteiger partial charge in [0.2, 0.25) is 0 Å². The molecule has 1 amide bonds. The second-order valence-electron chi connectivity index (χ2n) is 8.04. The second-order valence-corrected chi connectivity index (χ2v) is 9.01. The number of methoxy groups -OCH3 is 1. The van der Waals surface area contributed by atoms with E-state index in [9.17, 15) is 4.79 Å². The average Bonchev–Trinajstić information content (AvgIpc) is 3.31. The van der Waals surface area contributed by atoms with Crippen molar-refractivity contribution < 1.29 is 13.9 Å². The first kappa shape index (κ1) is 17.6. The Kier molecular flexibility index (Phi) is 4.35. The van der Waals surface area contributed by atoms with Crippen molar-refractivity contribution in [1.82, 2.24) is 20.1 Å². The molecule has 0 aromatic carbocycles. The minimum atomic E-state index is -0.0263. The summed E-state index contributed by atoms with van der Waals surface area (Å²) < 4.78 is 11.3. The van der Waals surface area contributed by atoms with Crippen LogP contribution in [0.4, 0.5) is 0 Å². The van der Waals surface area contributed by atoms with Gasteiger partial charge in [0, 0.05) is 25.6 Å². The number of nitrogens with zero attached hydrogens (tertiary/aromatic N) is 3. The van der Waals surface area contributed by atoms with E-state index < -0.39 is 0 Å². The zero-order chi connectivity index (χ0) is 18.4. The van der Waals surface area contributed by atoms with Crippen molar-refractivity contribution in [2.24, 2.45) is 16.7 Å². The lowest BCUT2D eigenvalue weighted by Gasteiger charge is -2.56. The van der Waals surface area contributed by atoms with Gasteiger partial charge >= 0.3 is 0 Å². The number of furan rings is 1. The molecular weight excluding hydrogens is 352 g/mol. The van der Waals surface area contributed by atoms with Crippen LogP contribution in [0.1, 0.15) is 36.6 Å². The van der Waals surface area contributed by atoms with Crippen LogP contribution < -0.4 is 0 Å². The van der Waals surface area contributed by atoms with Crippen LogP contribution in [-0.4, -0.2) is 52.8 Å². The Morgan fingerprint density at radius 1 is 1.50 bits per heavy atom. The number of H-pyrrole nitrogens is 1. The van der Waals surface area contributed by atoms with Gasteiger partial charge < -0.3 is 14.1 Å². The number of amides is 1. The third-order valence-corrected chi connectivity index (χ3v) is 6.63. The van der Waals surface area contributed by atoms with Crippen LogP contribution in [-0.2, 0) is 10.5 Å². The minimum Gasteiger partial charge on any atom is -0.455 e. The number of carbonyl (C=O) groups excluding carboxylic acids is 1. The second kappa shape index (κ2) is 6.42. The molecule has 2 aromatic rings. The number of hydrogen-bond acceptors (Lipinski definition) is 6. The van der Waals surface area contributed by atoms with Gasteiger partial charge in [-0.05, 0) is 29.9 Å². The van der Waals surface area contributed by atoms with E-state index in [1.807, 2.05) is 11.0 Å². The number of thioether (sulfide) groups is 1. The van der Waals surface area contributed by atoms with Crippen LogP contribution in [0.3, 0.4) is 0 Å². The molecule has 2 aliphatic rings. The Hall–Kier alpha value is -1.80. The first-order valence-corrected chi connectivity index (χ1v) is 9.77. The molecule has 3 heterocycles. The summed E-state index contributed by atoms with van der Waals surface area (Å²) in [5.74, 6) is 2.22. The number of likely N-dealkylation sites (tertiary alicyclic amines) is 1. The quantitative estimate of drug-likeness (QED) is 0.781. The summed E-state index contributed by atoms with van der Waals surface area (Å²) in [7, 11) is 1.74. The first-order chi connectivity index (χ1) is 12.4. The summed E-state index contributed by atoms with van der Waals surface area (Å²) in [5.41, 5.74) is 0.362. The highest BCUT2D eigenvalue weighted by atomic mass is 32.2. The van der Waals surface area contributed by atoms with E-state index in [1.54, 1.807) is 13.2 Å². The van der Waals surface area contributed by atoms with E-state index in [-0.39, 0.29) is 16.7 Å². The number of carbonyl (C=O) groups is 1. The highest BCUT2D eigenvalue weighted by molar-refractivity contribution is 7.98. The average molecular weight is 376 g/mol. The van der Waals surface area contributed by atoms with Crippen molar-refractivity contribution in [3.05, 3.63) is 30.0 Å². The number of nitrogens with one attached hydrogen (secondary N) is 1. The van der Waals surface area contributed by atoms with Gasteiger partial charge in [0.05, 0.1) is 12.4 Å². The van der Waals surface area contributed by atoms with Gasteiger partial charge in [-0.1, -0.05) is 25.6 Å². The van der Waals surface area contributed by atoms with E-state index in [1.165, 1.54) is 18.1 Å². The molecule has 140 valence electrons.